The number of ether oxygens (including phenoxy) is 1. The molecule has 4 rings (SSSR count). The van der Waals surface area contributed by atoms with E-state index in [4.69, 9.17) is 0 Å². The van der Waals surface area contributed by atoms with Crippen LogP contribution in [-0.2, 0) is 27.4 Å². The minimum atomic E-state index is -1.13. The molecule has 0 aliphatic rings. The van der Waals surface area contributed by atoms with E-state index in [0.29, 0.717) is 5.52 Å². The van der Waals surface area contributed by atoms with Gasteiger partial charge in [0.05, 0.1) is 43.8 Å². The Morgan fingerprint density at radius 3 is 2.51 bits per heavy atom. The molecule has 4 aromatic rings. The molecule has 2 N–H and O–H groups in total. The SMILES string of the molecule is COC(=O)N[C@@H](CC/C=C/C(=O)N(C)C)C(=O)Nc1cncn(Cc2nc3cc(F)ccc3n2Cc2ccc(F)cc2F)c1=O. The van der Waals surface area contributed by atoms with Gasteiger partial charge in [0.2, 0.25) is 11.8 Å². The van der Waals surface area contributed by atoms with E-state index in [2.05, 4.69) is 25.3 Å². The normalized spacial score (nSPS) is 11.9. The highest BCUT2D eigenvalue weighted by Crippen LogP contribution is 2.21. The van der Waals surface area contributed by atoms with E-state index in [9.17, 15) is 32.3 Å². The number of benzene rings is 2. The van der Waals surface area contributed by atoms with Gasteiger partial charge in [-0.25, -0.2) is 27.9 Å². The molecule has 1 atom stereocenters. The first-order valence-corrected chi connectivity index (χ1v) is 13.6. The van der Waals surface area contributed by atoms with E-state index in [1.54, 1.807) is 24.7 Å². The fourth-order valence-corrected chi connectivity index (χ4v) is 4.36. The number of carbonyl (C=O) groups excluding carboxylic acids is 3. The van der Waals surface area contributed by atoms with Crippen molar-refractivity contribution in [3.8, 4) is 0 Å². The molecule has 0 saturated carbocycles. The van der Waals surface area contributed by atoms with Crippen molar-refractivity contribution < 1.29 is 32.3 Å². The first-order chi connectivity index (χ1) is 21.5. The van der Waals surface area contributed by atoms with E-state index in [1.165, 1.54) is 41.6 Å². The number of likely N-dealkylation sites (N-methyl/N-ethyl adjacent to an activating group) is 1. The van der Waals surface area contributed by atoms with Crippen LogP contribution in [0.3, 0.4) is 0 Å². The third-order valence-electron chi connectivity index (χ3n) is 6.72. The highest BCUT2D eigenvalue weighted by atomic mass is 19.1. The number of hydrogen-bond acceptors (Lipinski definition) is 7. The Labute approximate surface area is 255 Å². The van der Waals surface area contributed by atoms with Crippen molar-refractivity contribution in [2.24, 2.45) is 0 Å². The number of alkyl carbamates (subject to hydrolysis) is 1. The zero-order valence-electron chi connectivity index (χ0n) is 24.6. The summed E-state index contributed by atoms with van der Waals surface area (Å²) in [4.78, 5) is 60.0. The van der Waals surface area contributed by atoms with Gasteiger partial charge in [-0.2, -0.15) is 0 Å². The third kappa shape index (κ3) is 8.13. The average molecular weight is 626 g/mol. The summed E-state index contributed by atoms with van der Waals surface area (Å²) < 4.78 is 49.4. The Bertz CT molecular complexity index is 1820. The van der Waals surface area contributed by atoms with Gasteiger partial charge < -0.3 is 24.8 Å². The van der Waals surface area contributed by atoms with Crippen LogP contribution in [0, 0.1) is 17.5 Å². The van der Waals surface area contributed by atoms with Crippen molar-refractivity contribution >= 4 is 34.6 Å². The summed E-state index contributed by atoms with van der Waals surface area (Å²) >= 11 is 0. The molecule has 2 aromatic heterocycles. The van der Waals surface area contributed by atoms with Gasteiger partial charge in [-0.05, 0) is 37.1 Å². The molecule has 2 aromatic carbocycles. The minimum absolute atomic E-state index is 0.0765. The molecule has 0 spiro atoms. The Morgan fingerprint density at radius 2 is 1.80 bits per heavy atom. The molecule has 45 heavy (non-hydrogen) atoms. The molecule has 2 heterocycles. The third-order valence-corrected chi connectivity index (χ3v) is 6.72. The minimum Gasteiger partial charge on any atom is -0.453 e. The van der Waals surface area contributed by atoms with Crippen LogP contribution in [0.15, 0.2) is 65.9 Å². The molecular weight excluding hydrogens is 595 g/mol. The summed E-state index contributed by atoms with van der Waals surface area (Å²) in [6.45, 7) is -0.305. The molecule has 0 unspecified atom stereocenters. The van der Waals surface area contributed by atoms with Gasteiger partial charge in [0.15, 0.2) is 0 Å². The van der Waals surface area contributed by atoms with Gasteiger partial charge >= 0.3 is 6.09 Å². The van der Waals surface area contributed by atoms with Crippen molar-refractivity contribution in [1.82, 2.24) is 29.3 Å². The monoisotopic (exact) mass is 625 g/mol. The summed E-state index contributed by atoms with van der Waals surface area (Å²) in [7, 11) is 4.30. The van der Waals surface area contributed by atoms with E-state index >= 15 is 0 Å². The van der Waals surface area contributed by atoms with Crippen molar-refractivity contribution in [1.29, 1.82) is 0 Å². The summed E-state index contributed by atoms with van der Waals surface area (Å²) in [5.74, 6) is -2.84. The topological polar surface area (TPSA) is 140 Å². The van der Waals surface area contributed by atoms with Gasteiger partial charge in [-0.3, -0.25) is 19.0 Å². The van der Waals surface area contributed by atoms with Gasteiger partial charge in [0, 0.05) is 31.8 Å². The molecule has 0 aliphatic heterocycles. The van der Waals surface area contributed by atoms with Crippen molar-refractivity contribution in [2.45, 2.75) is 32.0 Å². The fourth-order valence-electron chi connectivity index (χ4n) is 4.36. The summed E-state index contributed by atoms with van der Waals surface area (Å²) in [5, 5.41) is 4.87. The van der Waals surface area contributed by atoms with Gasteiger partial charge in [-0.1, -0.05) is 12.1 Å². The quantitative estimate of drug-likeness (QED) is 0.244. The lowest BCUT2D eigenvalue weighted by atomic mass is 10.1. The smallest absolute Gasteiger partial charge is 0.407 e. The molecule has 0 radical (unpaired) electrons. The lowest BCUT2D eigenvalue weighted by Gasteiger charge is -2.17. The van der Waals surface area contributed by atoms with Crippen LogP contribution in [0.25, 0.3) is 11.0 Å². The summed E-state index contributed by atoms with van der Waals surface area (Å²) in [6, 6.07) is 5.87. The number of rotatable bonds is 11. The van der Waals surface area contributed by atoms with Crippen LogP contribution in [0.4, 0.5) is 23.7 Å². The maximum Gasteiger partial charge on any atom is 0.407 e. The Kier molecular flexibility index (Phi) is 10.3. The number of aromatic nitrogens is 4. The van der Waals surface area contributed by atoms with Crippen LogP contribution in [0.1, 0.15) is 24.2 Å². The molecule has 3 amide bonds. The Balaban J connectivity index is 1.59. The summed E-state index contributed by atoms with van der Waals surface area (Å²) in [6.07, 6.45) is 4.66. The predicted molar refractivity (Wildman–Crippen MR) is 158 cm³/mol. The Morgan fingerprint density at radius 1 is 1.07 bits per heavy atom. The number of allylic oxidation sites excluding steroid dienone is 1. The first-order valence-electron chi connectivity index (χ1n) is 13.6. The number of fused-ring (bicyclic) bond motifs is 1. The van der Waals surface area contributed by atoms with Crippen molar-refractivity contribution in [3.63, 3.8) is 0 Å². The van der Waals surface area contributed by atoms with Crippen molar-refractivity contribution in [2.75, 3.05) is 26.5 Å². The molecule has 0 saturated heterocycles. The number of carbonyl (C=O) groups is 3. The standard InChI is InChI=1S/C30H30F3N7O5/c1-38(2)27(41)7-5-4-6-22(37-30(44)45-3)28(42)36-24-14-34-17-39(29(24)43)16-26-35-23-13-20(32)10-11-25(23)40(26)15-18-8-9-19(31)12-21(18)33/h5,7-14,17,22H,4,6,15-16H2,1-3H3,(H,36,42)(H,37,44)/b7-5+/t22-/m0/s1. The van der Waals surface area contributed by atoms with Crippen LogP contribution < -0.4 is 16.2 Å². The van der Waals surface area contributed by atoms with Gasteiger partial charge in [-0.15, -0.1) is 0 Å². The maximum atomic E-state index is 14.5. The number of methoxy groups -OCH3 is 1. The predicted octanol–water partition coefficient (Wildman–Crippen LogP) is 3.19. The van der Waals surface area contributed by atoms with E-state index in [0.717, 1.165) is 30.0 Å². The van der Waals surface area contributed by atoms with Crippen LogP contribution >= 0.6 is 0 Å². The van der Waals surface area contributed by atoms with E-state index < -0.39 is 41.1 Å². The zero-order valence-corrected chi connectivity index (χ0v) is 24.6. The van der Waals surface area contributed by atoms with E-state index in [-0.39, 0.29) is 54.4 Å². The second kappa shape index (κ2) is 14.3. The van der Waals surface area contributed by atoms with Gasteiger partial charge in [0.25, 0.3) is 5.56 Å². The molecule has 0 fully saturated rings. The molecule has 0 bridgehead atoms. The average Bonchev–Trinajstić information content (AvgIpc) is 3.32. The first kappa shape index (κ1) is 32.4. The number of imidazole rings is 1. The lowest BCUT2D eigenvalue weighted by Crippen LogP contribution is -2.44. The van der Waals surface area contributed by atoms with Gasteiger partial charge in [0.1, 0.15) is 35.0 Å². The molecule has 15 heteroatoms. The number of hydrogen-bond donors (Lipinski definition) is 2. The zero-order chi connectivity index (χ0) is 32.7. The number of anilines is 1. The van der Waals surface area contributed by atoms with Crippen LogP contribution in [0.2, 0.25) is 0 Å². The number of nitrogens with zero attached hydrogens (tertiary/aromatic N) is 5. The molecule has 236 valence electrons. The number of halogens is 3. The fraction of sp³-hybridized carbons (Fsp3) is 0.267. The second-order valence-corrected chi connectivity index (χ2v) is 10.1. The number of nitrogens with one attached hydrogen (secondary N) is 2. The Hall–Kier alpha value is -5.47. The van der Waals surface area contributed by atoms with Crippen LogP contribution in [0.5, 0.6) is 0 Å². The number of amides is 3. The lowest BCUT2D eigenvalue weighted by molar-refractivity contribution is -0.123. The van der Waals surface area contributed by atoms with E-state index in [1.807, 2.05) is 0 Å². The highest BCUT2D eigenvalue weighted by Gasteiger charge is 2.23. The molecule has 0 aliphatic carbocycles. The second-order valence-electron chi connectivity index (χ2n) is 10.1. The van der Waals surface area contributed by atoms with Crippen LogP contribution in [-0.4, -0.2) is 69.2 Å². The maximum absolute atomic E-state index is 14.5. The molecule has 12 nitrogen and oxygen atoms in total. The highest BCUT2D eigenvalue weighted by molar-refractivity contribution is 5.96. The van der Waals surface area contributed by atoms with Crippen molar-refractivity contribution in [3.05, 3.63) is 100 Å². The summed E-state index contributed by atoms with van der Waals surface area (Å²) in [5.41, 5.74) is -0.0623. The molecular formula is C30H30F3N7O5. The largest absolute Gasteiger partial charge is 0.453 e.